The lowest BCUT2D eigenvalue weighted by molar-refractivity contribution is -2.00. The van der Waals surface area contributed by atoms with Crippen LogP contribution in [0.15, 0.2) is 61.2 Å². The predicted molar refractivity (Wildman–Crippen MR) is 51.3 cm³/mol. The molecule has 0 radical (unpaired) electrons. The molecule has 15 nitrogen and oxygen atoms in total. The van der Waals surface area contributed by atoms with Crippen molar-refractivity contribution in [1.82, 2.24) is 6.15 Å². The number of halogens is 3. The smallest absolute Gasteiger partial charge is 0.242 e. The van der Waals surface area contributed by atoms with Gasteiger partial charge in [-0.2, -0.15) is 14.0 Å². The van der Waals surface area contributed by atoms with Crippen LogP contribution in [0.5, 0.6) is 0 Å². The topological polar surface area (TPSA) is 317 Å². The Labute approximate surface area is 163 Å². The number of rotatable bonds is 1. The molecule has 0 aliphatic carbocycles. The van der Waals surface area contributed by atoms with Crippen molar-refractivity contribution in [3.63, 3.8) is 0 Å². The van der Waals surface area contributed by atoms with Crippen LogP contribution in [0.3, 0.4) is 0 Å². The average Bonchev–Trinajstić information content (AvgIpc) is 2.44. The lowest BCUT2D eigenvalue weighted by atomic mass is 10.5. The van der Waals surface area contributed by atoms with E-state index in [-0.39, 0.29) is 6.15 Å². The van der Waals surface area contributed by atoms with Gasteiger partial charge in [-0.3, -0.25) is 0 Å². The van der Waals surface area contributed by atoms with Gasteiger partial charge in [0.2, 0.25) is 24.8 Å². The van der Waals surface area contributed by atoms with E-state index in [1.807, 2.05) is 70.5 Å². The van der Waals surface area contributed by atoms with Gasteiger partial charge in [-0.05, 0) is 12.1 Å². The Hall–Kier alpha value is -1.35. The zero-order valence-electron chi connectivity index (χ0n) is 13.4. The van der Waals surface area contributed by atoms with E-state index in [1.54, 1.807) is 0 Å². The zero-order chi connectivity index (χ0) is 21.7. The molecule has 0 unspecified atom stereocenters. The Balaban J connectivity index is -0.000000334. The Morgan fingerprint density at radius 3 is 0.750 bits per heavy atom. The molecule has 18 heteroatoms. The minimum Gasteiger partial charge on any atom is -0.344 e. The highest BCUT2D eigenvalue weighted by Gasteiger charge is 2.06. The number of pyridine rings is 2. The first-order valence-corrected chi connectivity index (χ1v) is 9.50. The molecule has 2 aromatic rings. The maximum Gasteiger partial charge on any atom is 0.242 e. The quantitative estimate of drug-likeness (QED) is 0.363. The van der Waals surface area contributed by atoms with E-state index < -0.39 is 30.7 Å². The van der Waals surface area contributed by atoms with Gasteiger partial charge in [0, 0.05) is 24.3 Å². The first-order chi connectivity index (χ1) is 12.0. The summed E-state index contributed by atoms with van der Waals surface area (Å²) in [6, 6.07) is 12.0. The molecule has 0 amide bonds. The summed E-state index contributed by atoms with van der Waals surface area (Å²) in [5, 5.41) is 0. The van der Waals surface area contributed by atoms with Crippen molar-refractivity contribution in [3.8, 4) is 0 Å². The minimum absolute atomic E-state index is 0. The van der Waals surface area contributed by atoms with Crippen molar-refractivity contribution in [1.29, 1.82) is 0 Å². The van der Waals surface area contributed by atoms with E-state index in [4.69, 9.17) is 55.9 Å². The average molecular weight is 475 g/mol. The van der Waals surface area contributed by atoms with Crippen molar-refractivity contribution < 1.29 is 96.0 Å². The summed E-state index contributed by atoms with van der Waals surface area (Å²) in [5.41, 5.74) is 0. The van der Waals surface area contributed by atoms with Gasteiger partial charge in [-0.1, -0.05) is 0 Å². The second kappa shape index (κ2) is 14.6. The Morgan fingerprint density at radius 2 is 0.607 bits per heavy atom. The standard InChI is InChI=1S/C10H10N2.3ClHO4.H3N/c1-3-7-11(8-4-1)12-9-5-2-6-10-12;3*2-1(3,4)5;/h1-10H;3*(H,2,3,4,5);1H3/q+2;;;;/p-2. The third-order valence-electron chi connectivity index (χ3n) is 1.67. The molecule has 0 atom stereocenters. The van der Waals surface area contributed by atoms with Crippen molar-refractivity contribution in [2.45, 2.75) is 0 Å². The van der Waals surface area contributed by atoms with Gasteiger partial charge in [0.15, 0.2) is 0 Å². The molecule has 2 rings (SSSR count). The summed E-state index contributed by atoms with van der Waals surface area (Å²) in [7, 11) is -14.6. The highest BCUT2D eigenvalue weighted by molar-refractivity contribution is 4.84. The lowest BCUT2D eigenvalue weighted by Crippen LogP contribution is -2.68. The number of hydrogen-bond donors (Lipinski definition) is 2. The molecule has 0 fully saturated rings. The zero-order valence-corrected chi connectivity index (χ0v) is 15.7. The Bertz CT molecular complexity index is 522. The fourth-order valence-electron chi connectivity index (χ4n) is 1.09. The third kappa shape index (κ3) is 39.6. The predicted octanol–water partition coefficient (Wildman–Crippen LogP) is -12.9. The highest BCUT2D eigenvalue weighted by atomic mass is 35.7. The molecule has 0 aliphatic heterocycles. The minimum atomic E-state index is -4.94. The van der Waals surface area contributed by atoms with E-state index in [0.717, 1.165) is 0 Å². The fourth-order valence-corrected chi connectivity index (χ4v) is 1.09. The van der Waals surface area contributed by atoms with Crippen molar-refractivity contribution in [2.24, 2.45) is 0 Å². The lowest BCUT2D eigenvalue weighted by Gasteiger charge is -2.17. The molecule has 2 aromatic heterocycles. The summed E-state index contributed by atoms with van der Waals surface area (Å²) >= 11 is 0. The van der Waals surface area contributed by atoms with Crippen LogP contribution >= 0.6 is 0 Å². The molecular weight excluding hydrogens is 460 g/mol. The van der Waals surface area contributed by atoms with Crippen LogP contribution in [0.25, 0.3) is 0 Å². The number of hydrogen-bond acceptors (Lipinski definition) is 13. The van der Waals surface area contributed by atoms with Crippen LogP contribution in [-0.2, 0) is 0 Å². The van der Waals surface area contributed by atoms with Gasteiger partial charge in [0.25, 0.3) is 0 Å². The molecule has 0 spiro atoms. The van der Waals surface area contributed by atoms with Crippen LogP contribution in [0, 0.1) is 30.7 Å². The second-order valence-corrected chi connectivity index (χ2v) is 5.97. The largest absolute Gasteiger partial charge is 0.344 e. The van der Waals surface area contributed by atoms with E-state index in [2.05, 4.69) is 0 Å². The summed E-state index contributed by atoms with van der Waals surface area (Å²) in [6.45, 7) is 0. The van der Waals surface area contributed by atoms with Crippen LogP contribution in [0.1, 0.15) is 0 Å². The SMILES string of the molecule is N.[O-][Cl+3]([O-])([O-])O.[O-][Cl+3]([O-])([O-])[O-].[O-][Cl+3]([O-])([O-])[O-].c1cc[n+](-[n+]2ccccc2)cc1. The molecule has 0 bridgehead atoms. The van der Waals surface area contributed by atoms with Gasteiger partial charge < -0.3 is 6.15 Å². The van der Waals surface area contributed by atoms with E-state index in [9.17, 15) is 0 Å². The van der Waals surface area contributed by atoms with Gasteiger partial charge in [0.05, 0.1) is 24.3 Å². The summed E-state index contributed by atoms with van der Waals surface area (Å²) in [6.07, 6.45) is 8.00. The fraction of sp³-hybridized carbons (Fsp3) is 0. The van der Waals surface area contributed by atoms with Gasteiger partial charge in [-0.15, -0.1) is 20.5 Å². The molecule has 2 heterocycles. The molecule has 0 saturated carbocycles. The molecule has 4 N–H and O–H groups in total. The van der Waals surface area contributed by atoms with Crippen LogP contribution in [0.2, 0.25) is 0 Å². The monoisotopic (exact) mass is 473 g/mol. The summed E-state index contributed by atoms with van der Waals surface area (Å²) in [4.78, 5) is 0. The Kier molecular flexibility index (Phi) is 16.4. The molecular formula is C10H14Cl3N3O12. The van der Waals surface area contributed by atoms with E-state index in [0.29, 0.717) is 0 Å². The van der Waals surface area contributed by atoms with Gasteiger partial charge >= 0.3 is 0 Å². The molecule has 0 saturated heterocycles. The molecule has 28 heavy (non-hydrogen) atoms. The summed E-state index contributed by atoms with van der Waals surface area (Å²) in [5.74, 6) is 0. The first-order valence-electron chi connectivity index (χ1n) is 5.77. The second-order valence-electron chi connectivity index (χ2n) is 3.66. The third-order valence-corrected chi connectivity index (χ3v) is 1.67. The van der Waals surface area contributed by atoms with Crippen LogP contribution < -0.4 is 66.8 Å². The number of nitrogens with zero attached hydrogens (tertiary/aromatic N) is 2. The molecule has 0 aliphatic rings. The first kappa shape index (κ1) is 31.3. The molecule has 162 valence electrons. The normalized spacial score (nSPS) is 10.6. The van der Waals surface area contributed by atoms with Crippen LogP contribution in [-0.4, -0.2) is 4.66 Å². The van der Waals surface area contributed by atoms with E-state index >= 15 is 0 Å². The van der Waals surface area contributed by atoms with Crippen molar-refractivity contribution in [2.75, 3.05) is 0 Å². The van der Waals surface area contributed by atoms with Crippen LogP contribution in [0.4, 0.5) is 0 Å². The highest BCUT2D eigenvalue weighted by Crippen LogP contribution is 1.76. The van der Waals surface area contributed by atoms with Gasteiger partial charge in [0.1, 0.15) is 0 Å². The van der Waals surface area contributed by atoms with E-state index in [1.165, 1.54) is 0 Å². The molecule has 0 aromatic carbocycles. The maximum absolute atomic E-state index is 8.60. The Morgan fingerprint density at radius 1 is 0.464 bits per heavy atom. The maximum atomic E-state index is 8.60. The van der Waals surface area contributed by atoms with Crippen molar-refractivity contribution >= 4 is 0 Å². The summed E-state index contributed by atoms with van der Waals surface area (Å²) < 4.78 is 105. The number of aromatic nitrogens is 2. The van der Waals surface area contributed by atoms with Gasteiger partial charge in [-0.25, -0.2) is 37.3 Å². The van der Waals surface area contributed by atoms with Crippen molar-refractivity contribution in [3.05, 3.63) is 61.2 Å².